The third kappa shape index (κ3) is 3.87. The van der Waals surface area contributed by atoms with Gasteiger partial charge in [-0.3, -0.25) is 9.59 Å². The van der Waals surface area contributed by atoms with Crippen LogP contribution in [0.2, 0.25) is 5.02 Å². The highest BCUT2D eigenvalue weighted by atomic mass is 35.5. The van der Waals surface area contributed by atoms with Crippen LogP contribution in [-0.2, 0) is 9.59 Å². The Hall–Kier alpha value is -4.23. The van der Waals surface area contributed by atoms with Crippen molar-refractivity contribution in [2.45, 2.75) is 27.7 Å². The first-order chi connectivity index (χ1) is 17.2. The summed E-state index contributed by atoms with van der Waals surface area (Å²) in [6, 6.07) is 15.8. The van der Waals surface area contributed by atoms with Crippen molar-refractivity contribution >= 4 is 40.4 Å². The molecule has 0 spiro atoms. The molecule has 2 aromatic carbocycles. The quantitative estimate of drug-likeness (QED) is 0.314. The molecule has 0 saturated heterocycles. The van der Waals surface area contributed by atoms with Gasteiger partial charge in [-0.05, 0) is 81.6 Å². The minimum atomic E-state index is -0.567. The first-order valence-electron chi connectivity index (χ1n) is 11.4. The molecule has 0 bridgehead atoms. The van der Waals surface area contributed by atoms with Gasteiger partial charge in [-0.25, -0.2) is 9.58 Å². The number of amides is 2. The molecule has 0 saturated carbocycles. The lowest BCUT2D eigenvalue weighted by Crippen LogP contribution is -2.40. The lowest BCUT2D eigenvalue weighted by molar-refractivity contribution is -0.577. The van der Waals surface area contributed by atoms with Gasteiger partial charge in [0.1, 0.15) is 5.57 Å². The van der Waals surface area contributed by atoms with Gasteiger partial charge in [0.15, 0.2) is 12.4 Å². The molecule has 0 fully saturated rings. The fourth-order valence-corrected chi connectivity index (χ4v) is 4.70. The van der Waals surface area contributed by atoms with E-state index < -0.39 is 17.7 Å². The Balaban J connectivity index is 1.77. The molecule has 5 rings (SSSR count). The molecular weight excluding hydrogens is 476 g/mol. The SMILES string of the molecule is Cc1cccc(N2C(=O)C(c3c(C)nn(-c4ccc(Cl)cc4)c3[O-])=C([n+]3cc(C)cc(C)c3)C2=O)c1. The third-order valence-electron chi connectivity index (χ3n) is 6.06. The highest BCUT2D eigenvalue weighted by molar-refractivity contribution is 6.53. The first-order valence-corrected chi connectivity index (χ1v) is 11.8. The molecule has 0 atom stereocenters. The molecule has 1 aliphatic heterocycles. The zero-order chi connectivity index (χ0) is 25.7. The van der Waals surface area contributed by atoms with Crippen LogP contribution >= 0.6 is 11.6 Å². The van der Waals surface area contributed by atoms with Crippen LogP contribution in [0.3, 0.4) is 0 Å². The van der Waals surface area contributed by atoms with Crippen LogP contribution in [0.1, 0.15) is 27.9 Å². The second kappa shape index (κ2) is 8.77. The summed E-state index contributed by atoms with van der Waals surface area (Å²) in [7, 11) is 0. The van der Waals surface area contributed by atoms with Crippen LogP contribution in [0.5, 0.6) is 5.88 Å². The first kappa shape index (κ1) is 23.5. The Kier molecular flexibility index (Phi) is 5.73. The Morgan fingerprint density at radius 2 is 1.50 bits per heavy atom. The van der Waals surface area contributed by atoms with E-state index in [9.17, 15) is 14.7 Å². The van der Waals surface area contributed by atoms with E-state index in [1.165, 1.54) is 4.68 Å². The topological polar surface area (TPSA) is 82.1 Å². The number of anilines is 1. The lowest BCUT2D eigenvalue weighted by atomic mass is 10.0. The Morgan fingerprint density at radius 1 is 0.833 bits per heavy atom. The van der Waals surface area contributed by atoms with Gasteiger partial charge >= 0.3 is 5.91 Å². The molecule has 2 amide bonds. The number of halogens is 1. The summed E-state index contributed by atoms with van der Waals surface area (Å²) in [6.07, 6.45) is 3.55. The monoisotopic (exact) mass is 498 g/mol. The van der Waals surface area contributed by atoms with Crippen LogP contribution in [0.25, 0.3) is 17.0 Å². The van der Waals surface area contributed by atoms with Gasteiger partial charge in [-0.15, -0.1) is 0 Å². The van der Waals surface area contributed by atoms with Crippen molar-refractivity contribution in [2.24, 2.45) is 0 Å². The normalized spacial score (nSPS) is 13.8. The smallest absolute Gasteiger partial charge is 0.331 e. The summed E-state index contributed by atoms with van der Waals surface area (Å²) < 4.78 is 2.86. The molecule has 1 aliphatic rings. The van der Waals surface area contributed by atoms with E-state index >= 15 is 0 Å². The van der Waals surface area contributed by atoms with Gasteiger partial charge < -0.3 is 5.11 Å². The molecule has 180 valence electrons. The Labute approximate surface area is 213 Å². The van der Waals surface area contributed by atoms with E-state index in [1.54, 1.807) is 66.3 Å². The second-order valence-electron chi connectivity index (χ2n) is 8.96. The van der Waals surface area contributed by atoms with Crippen molar-refractivity contribution in [3.63, 3.8) is 0 Å². The number of imide groups is 1. The fourth-order valence-electron chi connectivity index (χ4n) is 4.57. The van der Waals surface area contributed by atoms with Gasteiger partial charge in [0, 0.05) is 21.7 Å². The van der Waals surface area contributed by atoms with Crippen LogP contribution < -0.4 is 14.6 Å². The van der Waals surface area contributed by atoms with Gasteiger partial charge in [0.2, 0.25) is 0 Å². The van der Waals surface area contributed by atoms with E-state index in [2.05, 4.69) is 5.10 Å². The van der Waals surface area contributed by atoms with Crippen molar-refractivity contribution in [2.75, 3.05) is 4.90 Å². The number of rotatable bonds is 4. The van der Waals surface area contributed by atoms with Gasteiger partial charge in [-0.1, -0.05) is 23.7 Å². The average molecular weight is 499 g/mol. The predicted molar refractivity (Wildman–Crippen MR) is 136 cm³/mol. The number of nitrogens with zero attached hydrogens (tertiary/aromatic N) is 4. The van der Waals surface area contributed by atoms with Crippen molar-refractivity contribution in [1.29, 1.82) is 0 Å². The maximum absolute atomic E-state index is 13.9. The highest BCUT2D eigenvalue weighted by Crippen LogP contribution is 2.38. The Morgan fingerprint density at radius 3 is 2.14 bits per heavy atom. The van der Waals surface area contributed by atoms with E-state index in [1.807, 2.05) is 32.9 Å². The third-order valence-corrected chi connectivity index (χ3v) is 6.31. The van der Waals surface area contributed by atoms with Crippen LogP contribution in [0, 0.1) is 27.7 Å². The Bertz CT molecular complexity index is 1560. The van der Waals surface area contributed by atoms with Gasteiger partial charge in [0.05, 0.1) is 17.1 Å². The minimum absolute atomic E-state index is 0.0271. The number of hydrogen-bond acceptors (Lipinski definition) is 4. The maximum atomic E-state index is 13.9. The van der Waals surface area contributed by atoms with Crippen molar-refractivity contribution < 1.29 is 19.3 Å². The van der Waals surface area contributed by atoms with E-state index in [0.29, 0.717) is 22.1 Å². The van der Waals surface area contributed by atoms with Crippen LogP contribution in [-0.4, -0.2) is 21.6 Å². The van der Waals surface area contributed by atoms with Crippen molar-refractivity contribution in [3.8, 4) is 11.6 Å². The van der Waals surface area contributed by atoms with Crippen molar-refractivity contribution in [3.05, 3.63) is 100.0 Å². The number of aryl methyl sites for hydroxylation is 4. The molecular formula is C28H23ClN4O3. The number of pyridine rings is 1. The molecule has 3 heterocycles. The van der Waals surface area contributed by atoms with E-state index in [4.69, 9.17) is 11.6 Å². The number of carbonyl (C=O) groups is 2. The maximum Gasteiger partial charge on any atom is 0.331 e. The van der Waals surface area contributed by atoms with Crippen LogP contribution in [0.15, 0.2) is 67.0 Å². The van der Waals surface area contributed by atoms with E-state index in [-0.39, 0.29) is 16.8 Å². The molecule has 7 nitrogen and oxygen atoms in total. The summed E-state index contributed by atoms with van der Waals surface area (Å²) in [4.78, 5) is 28.9. The lowest BCUT2D eigenvalue weighted by Gasteiger charge is -2.16. The molecule has 8 heteroatoms. The summed E-state index contributed by atoms with van der Waals surface area (Å²) in [5.74, 6) is -1.56. The van der Waals surface area contributed by atoms with E-state index in [0.717, 1.165) is 21.6 Å². The summed E-state index contributed by atoms with van der Waals surface area (Å²) in [5, 5.41) is 18.6. The van der Waals surface area contributed by atoms with Gasteiger partial charge in [0.25, 0.3) is 11.6 Å². The number of carbonyl (C=O) groups excluding carboxylic acids is 2. The van der Waals surface area contributed by atoms with Crippen molar-refractivity contribution in [1.82, 2.24) is 9.78 Å². The molecule has 0 unspecified atom stereocenters. The molecule has 0 N–H and O–H groups in total. The predicted octanol–water partition coefficient (Wildman–Crippen LogP) is 4.06. The zero-order valence-corrected chi connectivity index (χ0v) is 21.0. The van der Waals surface area contributed by atoms with Gasteiger partial charge in [-0.2, -0.15) is 9.67 Å². The standard InChI is InChI=1S/C28H23ClN4O3/c1-16-6-5-7-22(13-16)32-26(34)24(25(28(32)36)31-14-17(2)12-18(3)15-31)23-19(4)30-33(27(23)35)21-10-8-20(29)9-11-21/h5-15H,1-4H3. The summed E-state index contributed by atoms with van der Waals surface area (Å²) >= 11 is 6.01. The summed E-state index contributed by atoms with van der Waals surface area (Å²) in [5.41, 5.74) is 4.26. The molecule has 0 aliphatic carbocycles. The molecule has 0 radical (unpaired) electrons. The largest absolute Gasteiger partial charge is 0.858 e. The average Bonchev–Trinajstić information content (AvgIpc) is 3.24. The fraction of sp³-hybridized carbons (Fsp3) is 0.143. The molecule has 2 aromatic heterocycles. The zero-order valence-electron chi connectivity index (χ0n) is 20.2. The minimum Gasteiger partial charge on any atom is -0.858 e. The number of hydrogen-bond donors (Lipinski definition) is 0. The molecule has 36 heavy (non-hydrogen) atoms. The molecule has 4 aromatic rings. The number of aromatic nitrogens is 3. The number of benzene rings is 2. The van der Waals surface area contributed by atoms with Crippen LogP contribution in [0.4, 0.5) is 5.69 Å². The highest BCUT2D eigenvalue weighted by Gasteiger charge is 2.47. The second-order valence-corrected chi connectivity index (χ2v) is 9.40. The summed E-state index contributed by atoms with van der Waals surface area (Å²) in [6.45, 7) is 7.36.